The minimum absolute atomic E-state index is 0. The van der Waals surface area contributed by atoms with Gasteiger partial charge in [0.25, 0.3) is 0 Å². The zero-order valence-electron chi connectivity index (χ0n) is 17.4. The van der Waals surface area contributed by atoms with Crippen LogP contribution in [0.5, 0.6) is 0 Å². The third kappa shape index (κ3) is 7.29. The van der Waals surface area contributed by atoms with E-state index < -0.39 is 10.0 Å². The molecule has 9 heteroatoms. The highest BCUT2D eigenvalue weighted by molar-refractivity contribution is 14.0. The number of benzene rings is 1. The van der Waals surface area contributed by atoms with Crippen molar-refractivity contribution >= 4 is 45.6 Å². The summed E-state index contributed by atoms with van der Waals surface area (Å²) in [6, 6.07) is 8.57. The van der Waals surface area contributed by atoms with Crippen molar-refractivity contribution in [3.05, 3.63) is 29.8 Å². The Balaban J connectivity index is 0.00000300. The molecule has 1 aromatic rings. The van der Waals surface area contributed by atoms with Crippen molar-refractivity contribution in [2.75, 3.05) is 57.0 Å². The lowest BCUT2D eigenvalue weighted by atomic mass is 9.86. The molecule has 0 atom stereocenters. The molecule has 0 radical (unpaired) electrons. The molecule has 0 spiro atoms. The highest BCUT2D eigenvalue weighted by atomic mass is 127. The van der Waals surface area contributed by atoms with Crippen LogP contribution in [0.2, 0.25) is 0 Å². The van der Waals surface area contributed by atoms with Gasteiger partial charge in [-0.3, -0.25) is 4.99 Å². The highest BCUT2D eigenvalue weighted by Gasteiger charge is 2.22. The van der Waals surface area contributed by atoms with Gasteiger partial charge in [0.05, 0.1) is 5.75 Å². The molecule has 7 nitrogen and oxygen atoms in total. The van der Waals surface area contributed by atoms with Crippen molar-refractivity contribution in [1.29, 1.82) is 0 Å². The molecular weight excluding hydrogens is 501 g/mol. The zero-order valence-corrected chi connectivity index (χ0v) is 20.6. The summed E-state index contributed by atoms with van der Waals surface area (Å²) in [6.45, 7) is 6.63. The van der Waals surface area contributed by atoms with E-state index >= 15 is 0 Å². The summed E-state index contributed by atoms with van der Waals surface area (Å²) in [6.07, 6.45) is 3.51. The average Bonchev–Trinajstić information content (AvgIpc) is 2.64. The summed E-state index contributed by atoms with van der Waals surface area (Å²) in [5.74, 6) is 1.38. The molecule has 1 saturated carbocycles. The monoisotopic (exact) mass is 535 g/mol. The number of nitrogens with one attached hydrogen (secondary N) is 2. The van der Waals surface area contributed by atoms with E-state index in [1.807, 2.05) is 0 Å². The standard InChI is InChI=1S/C20H33N5O2S.HI/c1-17-5-3-8-19(15-17)24-10-12-25(13-11-24)20(21-2)22-9-14-28(26,27)23-16-18-6-4-7-18;/h3,5,8,15,18,23H,4,6-7,9-14,16H2,1-2H3,(H,21,22);1H. The molecule has 0 amide bonds. The van der Waals surface area contributed by atoms with Crippen LogP contribution in [0.4, 0.5) is 5.69 Å². The summed E-state index contributed by atoms with van der Waals surface area (Å²) in [5, 5.41) is 3.21. The van der Waals surface area contributed by atoms with E-state index in [-0.39, 0.29) is 29.7 Å². The fourth-order valence-electron chi connectivity index (χ4n) is 3.64. The van der Waals surface area contributed by atoms with Crippen molar-refractivity contribution in [1.82, 2.24) is 14.9 Å². The van der Waals surface area contributed by atoms with Gasteiger partial charge in [-0.15, -0.1) is 24.0 Å². The highest BCUT2D eigenvalue weighted by Crippen LogP contribution is 2.25. The second kappa shape index (κ2) is 11.4. The number of aliphatic imine (C=N–C) groups is 1. The van der Waals surface area contributed by atoms with Crippen molar-refractivity contribution in [3.63, 3.8) is 0 Å². The molecule has 29 heavy (non-hydrogen) atoms. The molecule has 1 saturated heterocycles. The van der Waals surface area contributed by atoms with E-state index in [0.29, 0.717) is 19.0 Å². The fraction of sp³-hybridized carbons (Fsp3) is 0.650. The number of aryl methyl sites for hydroxylation is 1. The maximum Gasteiger partial charge on any atom is 0.213 e. The average molecular weight is 535 g/mol. The first-order valence-electron chi connectivity index (χ1n) is 10.2. The maximum atomic E-state index is 12.1. The Morgan fingerprint density at radius 3 is 2.52 bits per heavy atom. The third-order valence-electron chi connectivity index (χ3n) is 5.63. The second-order valence-corrected chi connectivity index (χ2v) is 9.68. The maximum absolute atomic E-state index is 12.1. The van der Waals surface area contributed by atoms with Crippen molar-refractivity contribution in [3.8, 4) is 0 Å². The Morgan fingerprint density at radius 2 is 1.93 bits per heavy atom. The first-order valence-corrected chi connectivity index (χ1v) is 11.9. The summed E-state index contributed by atoms with van der Waals surface area (Å²) >= 11 is 0. The Kier molecular flexibility index (Phi) is 9.48. The second-order valence-electron chi connectivity index (χ2n) is 7.75. The van der Waals surface area contributed by atoms with Crippen LogP contribution in [0, 0.1) is 12.8 Å². The van der Waals surface area contributed by atoms with Crippen LogP contribution < -0.4 is 14.9 Å². The zero-order chi connectivity index (χ0) is 20.0. The molecule has 2 N–H and O–H groups in total. The molecule has 2 aliphatic rings. The predicted octanol–water partition coefficient (Wildman–Crippen LogP) is 2.03. The number of guanidine groups is 1. The molecule has 1 aromatic carbocycles. The third-order valence-corrected chi connectivity index (χ3v) is 6.98. The van der Waals surface area contributed by atoms with E-state index in [2.05, 4.69) is 56.0 Å². The quantitative estimate of drug-likeness (QED) is 0.318. The number of hydrogen-bond donors (Lipinski definition) is 2. The van der Waals surface area contributed by atoms with Crippen molar-refractivity contribution in [2.45, 2.75) is 26.2 Å². The van der Waals surface area contributed by atoms with Gasteiger partial charge in [-0.2, -0.15) is 0 Å². The van der Waals surface area contributed by atoms with Gasteiger partial charge in [0.15, 0.2) is 5.96 Å². The number of rotatable bonds is 7. The summed E-state index contributed by atoms with van der Waals surface area (Å²) in [4.78, 5) is 8.91. The van der Waals surface area contributed by atoms with Crippen LogP contribution in [0.1, 0.15) is 24.8 Å². The lowest BCUT2D eigenvalue weighted by Crippen LogP contribution is -2.53. The van der Waals surface area contributed by atoms with Gasteiger partial charge in [-0.05, 0) is 43.4 Å². The Bertz CT molecular complexity index is 775. The van der Waals surface area contributed by atoms with Crippen LogP contribution in [0.15, 0.2) is 29.3 Å². The SMILES string of the molecule is CN=C(NCCS(=O)(=O)NCC1CCC1)N1CCN(c2cccc(C)c2)CC1.I. The lowest BCUT2D eigenvalue weighted by Gasteiger charge is -2.37. The summed E-state index contributed by atoms with van der Waals surface area (Å²) in [5.41, 5.74) is 2.52. The van der Waals surface area contributed by atoms with E-state index in [1.165, 1.54) is 17.7 Å². The van der Waals surface area contributed by atoms with Gasteiger partial charge in [0.2, 0.25) is 10.0 Å². The number of halogens is 1. The molecule has 1 aliphatic carbocycles. The topological polar surface area (TPSA) is 77.0 Å². The van der Waals surface area contributed by atoms with Gasteiger partial charge >= 0.3 is 0 Å². The van der Waals surface area contributed by atoms with Crippen molar-refractivity contribution < 1.29 is 8.42 Å². The molecule has 1 heterocycles. The number of piperazine rings is 1. The largest absolute Gasteiger partial charge is 0.368 e. The summed E-state index contributed by atoms with van der Waals surface area (Å²) in [7, 11) is -1.48. The van der Waals surface area contributed by atoms with Crippen LogP contribution in [-0.4, -0.2) is 71.3 Å². The molecule has 164 valence electrons. The summed E-state index contributed by atoms with van der Waals surface area (Å²) < 4.78 is 27.0. The van der Waals surface area contributed by atoms with Gasteiger partial charge in [-0.1, -0.05) is 18.6 Å². The normalized spacial score (nSPS) is 18.2. The molecule has 1 aliphatic heterocycles. The van der Waals surface area contributed by atoms with Crippen LogP contribution in [0.25, 0.3) is 0 Å². The first-order chi connectivity index (χ1) is 13.5. The van der Waals surface area contributed by atoms with E-state index in [1.54, 1.807) is 7.05 Å². The van der Waals surface area contributed by atoms with Gasteiger partial charge < -0.3 is 15.1 Å². The van der Waals surface area contributed by atoms with Crippen LogP contribution >= 0.6 is 24.0 Å². The fourth-order valence-corrected chi connectivity index (χ4v) is 4.65. The van der Waals surface area contributed by atoms with Gasteiger partial charge in [0, 0.05) is 52.0 Å². The molecule has 2 fully saturated rings. The van der Waals surface area contributed by atoms with E-state index in [4.69, 9.17) is 0 Å². The smallest absolute Gasteiger partial charge is 0.213 e. The number of hydrogen-bond acceptors (Lipinski definition) is 4. The van der Waals surface area contributed by atoms with E-state index in [9.17, 15) is 8.42 Å². The Morgan fingerprint density at radius 1 is 1.21 bits per heavy atom. The first kappa shape index (κ1) is 24.2. The Labute approximate surface area is 192 Å². The van der Waals surface area contributed by atoms with Gasteiger partial charge in [0.1, 0.15) is 0 Å². The van der Waals surface area contributed by atoms with Gasteiger partial charge in [-0.25, -0.2) is 13.1 Å². The molecule has 0 aromatic heterocycles. The van der Waals surface area contributed by atoms with Crippen LogP contribution in [-0.2, 0) is 10.0 Å². The predicted molar refractivity (Wildman–Crippen MR) is 131 cm³/mol. The molecular formula is C20H34IN5O2S. The van der Waals surface area contributed by atoms with E-state index in [0.717, 1.165) is 45.0 Å². The molecule has 3 rings (SSSR count). The molecule has 0 bridgehead atoms. The minimum Gasteiger partial charge on any atom is -0.368 e. The Hall–Kier alpha value is -1.07. The number of sulfonamides is 1. The van der Waals surface area contributed by atoms with Crippen LogP contribution in [0.3, 0.4) is 0 Å². The molecule has 0 unspecified atom stereocenters. The lowest BCUT2D eigenvalue weighted by molar-refractivity contribution is 0.316. The number of nitrogens with zero attached hydrogens (tertiary/aromatic N) is 3. The number of anilines is 1. The minimum atomic E-state index is -3.23. The van der Waals surface area contributed by atoms with Crippen molar-refractivity contribution in [2.24, 2.45) is 10.9 Å².